The largest absolute Gasteiger partial charge is 0.482 e. The van der Waals surface area contributed by atoms with Gasteiger partial charge in [-0.05, 0) is 55.4 Å². The van der Waals surface area contributed by atoms with Crippen LogP contribution in [0.25, 0.3) is 0 Å². The minimum atomic E-state index is -4.53. The van der Waals surface area contributed by atoms with Crippen molar-refractivity contribution >= 4 is 39.6 Å². The summed E-state index contributed by atoms with van der Waals surface area (Å²) in [5.41, 5.74) is 4.84. The van der Waals surface area contributed by atoms with Gasteiger partial charge < -0.3 is 20.1 Å². The Labute approximate surface area is 301 Å². The van der Waals surface area contributed by atoms with Gasteiger partial charge >= 0.3 is 6.09 Å². The van der Waals surface area contributed by atoms with E-state index in [-0.39, 0.29) is 55.4 Å². The molecule has 3 heterocycles. The molecule has 0 unspecified atom stereocenters. The van der Waals surface area contributed by atoms with Gasteiger partial charge in [0.2, 0.25) is 11.8 Å². The molecule has 15 heteroatoms. The van der Waals surface area contributed by atoms with Gasteiger partial charge in [-0.15, -0.1) is 0 Å². The third-order valence-electron chi connectivity index (χ3n) is 10.5. The van der Waals surface area contributed by atoms with E-state index in [2.05, 4.69) is 4.72 Å². The normalized spacial score (nSPS) is 27.0. The van der Waals surface area contributed by atoms with E-state index in [1.165, 1.54) is 40.1 Å². The number of hydrogen-bond donors (Lipinski definition) is 2. The van der Waals surface area contributed by atoms with Crippen LogP contribution in [0.15, 0.2) is 59.5 Å². The van der Waals surface area contributed by atoms with Crippen molar-refractivity contribution in [2.24, 2.45) is 23.0 Å². The molecular weight excluding hydrogens is 695 g/mol. The predicted molar refractivity (Wildman–Crippen MR) is 184 cm³/mol. The number of Topliss-reactive ketones (excluding diaryl/α,β-unsaturated/α-hetero) is 1. The van der Waals surface area contributed by atoms with Crippen molar-refractivity contribution in [1.29, 1.82) is 0 Å². The summed E-state index contributed by atoms with van der Waals surface area (Å²) < 4.78 is 54.7. The van der Waals surface area contributed by atoms with Crippen molar-refractivity contribution in [2.45, 2.75) is 88.4 Å². The Bertz CT molecular complexity index is 1900. The van der Waals surface area contributed by atoms with Crippen molar-refractivity contribution in [3.63, 3.8) is 0 Å². The predicted octanol–water partition coefficient (Wildman–Crippen LogP) is 3.74. The number of carbonyl (C=O) groups excluding carboxylic acids is 5. The molecule has 0 spiro atoms. The van der Waals surface area contributed by atoms with E-state index < -0.39 is 75.5 Å². The summed E-state index contributed by atoms with van der Waals surface area (Å²) in [4.78, 5) is 69.0. The fraction of sp³-hybridized carbons (Fsp3) is 0.486. The standard InChI is InChI=1S/C37H43FN4O9S/c1-23-10-5-3-2-4-6-12-25-17-37(25,35(46)40-52(48,49)32-15-8-7-14-31(32)50-22-33(39)44)18-30(43)29-16-26(20-42(29)34(23)45)51-36(47)41-19-24-11-9-13-28(38)27(24)21-41/h6-9,11-15,23,25-26,29H,2-5,10,16-22H2,1H3,(H2,39,44)(H,40,46)/b12-6-/t23-,25+,26+,29-,37+/m0/s1. The zero-order valence-electron chi connectivity index (χ0n) is 28.9. The highest BCUT2D eigenvalue weighted by Crippen LogP contribution is 2.57. The highest BCUT2D eigenvalue weighted by atomic mass is 32.2. The van der Waals surface area contributed by atoms with Crippen LogP contribution in [0.4, 0.5) is 9.18 Å². The number of ketones is 1. The van der Waals surface area contributed by atoms with E-state index in [4.69, 9.17) is 15.2 Å². The maximum atomic E-state index is 14.4. The lowest BCUT2D eigenvalue weighted by atomic mass is 9.91. The molecule has 6 rings (SSSR count). The monoisotopic (exact) mass is 738 g/mol. The second kappa shape index (κ2) is 15.1. The Balaban J connectivity index is 1.22. The first-order valence-electron chi connectivity index (χ1n) is 17.6. The number of halogens is 1. The van der Waals surface area contributed by atoms with Gasteiger partial charge in [0.15, 0.2) is 12.4 Å². The van der Waals surface area contributed by atoms with Crippen LogP contribution in [0, 0.1) is 23.1 Å². The molecule has 52 heavy (non-hydrogen) atoms. The summed E-state index contributed by atoms with van der Waals surface area (Å²) in [5.74, 6) is -3.84. The second-order valence-corrected chi connectivity index (χ2v) is 15.8. The summed E-state index contributed by atoms with van der Waals surface area (Å²) in [6.07, 6.45) is 5.99. The van der Waals surface area contributed by atoms with Gasteiger partial charge in [0.25, 0.3) is 15.9 Å². The van der Waals surface area contributed by atoms with Crippen molar-refractivity contribution in [3.8, 4) is 5.75 Å². The number of allylic oxidation sites excluding steroid dienone is 2. The van der Waals surface area contributed by atoms with Gasteiger partial charge in [0.05, 0.1) is 24.5 Å². The minimum absolute atomic E-state index is 0.000730. The van der Waals surface area contributed by atoms with Crippen LogP contribution in [0.3, 0.4) is 0 Å². The fourth-order valence-corrected chi connectivity index (χ4v) is 8.70. The number of carbonyl (C=O) groups is 5. The van der Waals surface area contributed by atoms with Crippen LogP contribution in [0.1, 0.15) is 69.4 Å². The van der Waals surface area contributed by atoms with E-state index in [0.29, 0.717) is 17.5 Å². The fourth-order valence-electron chi connectivity index (χ4n) is 7.49. The molecule has 3 N–H and O–H groups in total. The van der Waals surface area contributed by atoms with Crippen molar-refractivity contribution in [2.75, 3.05) is 13.2 Å². The quantitative estimate of drug-likeness (QED) is 0.400. The number of nitrogens with one attached hydrogen (secondary N) is 1. The molecule has 1 saturated carbocycles. The molecule has 5 atom stereocenters. The third-order valence-corrected chi connectivity index (χ3v) is 11.8. The van der Waals surface area contributed by atoms with Gasteiger partial charge in [-0.2, -0.15) is 0 Å². The Kier molecular flexibility index (Phi) is 10.7. The number of amides is 4. The number of para-hydroxylation sites is 1. The van der Waals surface area contributed by atoms with E-state index in [1.807, 2.05) is 12.2 Å². The molecule has 2 fully saturated rings. The molecule has 1 aliphatic carbocycles. The van der Waals surface area contributed by atoms with Crippen LogP contribution in [-0.2, 0) is 47.0 Å². The summed E-state index contributed by atoms with van der Waals surface area (Å²) in [7, 11) is -4.53. The topological polar surface area (TPSA) is 182 Å². The van der Waals surface area contributed by atoms with Gasteiger partial charge in [0.1, 0.15) is 22.6 Å². The van der Waals surface area contributed by atoms with Crippen molar-refractivity contribution in [1.82, 2.24) is 14.5 Å². The Hall–Kier alpha value is -4.79. The molecule has 1 saturated heterocycles. The number of fused-ring (bicyclic) bond motifs is 3. The van der Waals surface area contributed by atoms with Gasteiger partial charge in [-0.25, -0.2) is 22.3 Å². The van der Waals surface area contributed by atoms with Crippen molar-refractivity contribution in [3.05, 3.63) is 71.6 Å². The van der Waals surface area contributed by atoms with Crippen LogP contribution in [0.2, 0.25) is 0 Å². The molecular formula is C37H43FN4O9S. The van der Waals surface area contributed by atoms with Crippen LogP contribution in [0.5, 0.6) is 5.75 Å². The molecule has 0 aromatic heterocycles. The maximum absolute atomic E-state index is 14.4. The molecule has 4 amide bonds. The summed E-state index contributed by atoms with van der Waals surface area (Å²) in [6.45, 7) is 1.39. The third kappa shape index (κ3) is 7.83. The van der Waals surface area contributed by atoms with Crippen molar-refractivity contribution < 1.29 is 46.3 Å². The molecule has 4 aliphatic rings. The highest BCUT2D eigenvalue weighted by molar-refractivity contribution is 7.90. The van der Waals surface area contributed by atoms with Gasteiger partial charge in [-0.3, -0.25) is 24.1 Å². The SMILES string of the molecule is C[C@H]1CCCCC/C=C\[C@@H]2C[C@@]2(C(=O)NS(=O)(=O)c2ccccc2OCC(N)=O)CC(=O)[C@@H]2C[C@@H](OC(=O)N3Cc4cccc(F)c4C3)CN2C1=O. The smallest absolute Gasteiger partial charge is 0.410 e. The number of nitrogens with two attached hydrogens (primary N) is 1. The lowest BCUT2D eigenvalue weighted by Gasteiger charge is -2.27. The van der Waals surface area contributed by atoms with Gasteiger partial charge in [0, 0.05) is 30.9 Å². The Morgan fingerprint density at radius 2 is 1.85 bits per heavy atom. The average Bonchev–Trinajstić information content (AvgIpc) is 3.40. The lowest BCUT2D eigenvalue weighted by molar-refractivity contribution is -0.141. The molecule has 13 nitrogen and oxygen atoms in total. The van der Waals surface area contributed by atoms with Gasteiger partial charge in [-0.1, -0.05) is 56.2 Å². The molecule has 278 valence electrons. The molecule has 3 aliphatic heterocycles. The zero-order valence-corrected chi connectivity index (χ0v) is 29.7. The first kappa shape index (κ1) is 37.0. The summed E-state index contributed by atoms with van der Waals surface area (Å²) >= 11 is 0. The van der Waals surface area contributed by atoms with E-state index in [0.717, 1.165) is 25.7 Å². The number of nitrogens with zero attached hydrogens (tertiary/aromatic N) is 2. The Morgan fingerprint density at radius 3 is 2.62 bits per heavy atom. The molecule has 0 bridgehead atoms. The first-order valence-corrected chi connectivity index (χ1v) is 19.1. The number of primary amides is 1. The lowest BCUT2D eigenvalue weighted by Crippen LogP contribution is -2.45. The number of hydrogen-bond acceptors (Lipinski definition) is 9. The molecule has 2 aromatic rings. The number of rotatable bonds is 7. The van der Waals surface area contributed by atoms with E-state index >= 15 is 0 Å². The highest BCUT2D eigenvalue weighted by Gasteiger charge is 2.61. The van der Waals surface area contributed by atoms with E-state index in [1.54, 1.807) is 19.1 Å². The first-order chi connectivity index (χ1) is 24.8. The second-order valence-electron chi connectivity index (χ2n) is 14.2. The van der Waals surface area contributed by atoms with Crippen LogP contribution >= 0.6 is 0 Å². The summed E-state index contributed by atoms with van der Waals surface area (Å²) in [6, 6.07) is 9.11. The van der Waals surface area contributed by atoms with Crippen LogP contribution in [-0.4, -0.2) is 73.1 Å². The number of sulfonamides is 1. The molecule has 2 aromatic carbocycles. The number of benzene rings is 2. The zero-order chi connectivity index (χ0) is 37.2. The minimum Gasteiger partial charge on any atom is -0.482 e. The van der Waals surface area contributed by atoms with Crippen LogP contribution < -0.4 is 15.2 Å². The maximum Gasteiger partial charge on any atom is 0.410 e. The summed E-state index contributed by atoms with van der Waals surface area (Å²) in [5, 5.41) is 0. The molecule has 0 radical (unpaired) electrons. The Morgan fingerprint density at radius 1 is 1.06 bits per heavy atom. The average molecular weight is 739 g/mol. The number of ether oxygens (including phenoxy) is 2. The van der Waals surface area contributed by atoms with E-state index in [9.17, 15) is 36.8 Å².